The van der Waals surface area contributed by atoms with Gasteiger partial charge in [0.05, 0.1) is 0 Å². The number of benzene rings is 1. The molecule has 4 nitrogen and oxygen atoms in total. The Morgan fingerprint density at radius 3 is 2.90 bits per heavy atom. The van der Waals surface area contributed by atoms with Crippen molar-refractivity contribution in [1.82, 2.24) is 15.2 Å². The molecule has 1 amide bonds. The monoisotopic (exact) mass is 283 g/mol. The Balaban J connectivity index is 1.67. The molecule has 0 unspecified atom stereocenters. The van der Waals surface area contributed by atoms with E-state index < -0.39 is 0 Å². The van der Waals surface area contributed by atoms with Gasteiger partial charge in [-0.25, -0.2) is 0 Å². The lowest BCUT2D eigenvalue weighted by molar-refractivity contribution is 0.0940. The number of amides is 1. The molecule has 21 heavy (non-hydrogen) atoms. The number of fused-ring (bicyclic) bond motifs is 1. The van der Waals surface area contributed by atoms with E-state index in [0.717, 1.165) is 18.7 Å². The van der Waals surface area contributed by atoms with Crippen LogP contribution in [0.3, 0.4) is 0 Å². The minimum Gasteiger partial charge on any atom is -0.347 e. The summed E-state index contributed by atoms with van der Waals surface area (Å²) in [4.78, 5) is 12.3. The van der Waals surface area contributed by atoms with Crippen molar-refractivity contribution in [2.45, 2.75) is 39.5 Å². The predicted octanol–water partition coefficient (Wildman–Crippen LogP) is 2.60. The van der Waals surface area contributed by atoms with Crippen LogP contribution in [0.5, 0.6) is 0 Å². The Morgan fingerprint density at radius 2 is 2.10 bits per heavy atom. The quantitative estimate of drug-likeness (QED) is 0.906. The average Bonchev–Trinajstić information content (AvgIpc) is 3.12. The number of hydrogen-bond acceptors (Lipinski definition) is 2. The zero-order chi connectivity index (χ0) is 14.8. The molecule has 2 heterocycles. The van der Waals surface area contributed by atoms with Crippen molar-refractivity contribution in [3.8, 4) is 0 Å². The summed E-state index contributed by atoms with van der Waals surface area (Å²) >= 11 is 0. The Kier molecular flexibility index (Phi) is 3.80. The van der Waals surface area contributed by atoms with Crippen molar-refractivity contribution < 1.29 is 4.79 Å². The lowest BCUT2D eigenvalue weighted by Crippen LogP contribution is -2.25. The molecule has 0 fully saturated rings. The van der Waals surface area contributed by atoms with Crippen LogP contribution in [0.1, 0.15) is 47.1 Å². The lowest BCUT2D eigenvalue weighted by atomic mass is 10.1. The number of aromatic nitrogens is 1. The van der Waals surface area contributed by atoms with Gasteiger partial charge in [-0.2, -0.15) is 0 Å². The van der Waals surface area contributed by atoms with Crippen molar-refractivity contribution in [2.24, 2.45) is 0 Å². The van der Waals surface area contributed by atoms with E-state index in [9.17, 15) is 4.79 Å². The minimum atomic E-state index is -0.0210. The minimum absolute atomic E-state index is 0.0210. The van der Waals surface area contributed by atoms with Gasteiger partial charge in [-0.1, -0.05) is 18.2 Å². The molecule has 2 N–H and O–H groups in total. The number of nitrogens with one attached hydrogen (secondary N) is 2. The zero-order valence-electron chi connectivity index (χ0n) is 12.5. The first-order valence-corrected chi connectivity index (χ1v) is 7.41. The number of hydrogen-bond donors (Lipinski definition) is 2. The van der Waals surface area contributed by atoms with E-state index in [1.165, 1.54) is 11.1 Å². The fraction of sp³-hybridized carbons (Fsp3) is 0.353. The molecule has 0 atom stereocenters. The smallest absolute Gasteiger partial charge is 0.268 e. The van der Waals surface area contributed by atoms with Gasteiger partial charge in [0.15, 0.2) is 0 Å². The molecule has 1 aliphatic rings. The largest absolute Gasteiger partial charge is 0.347 e. The summed E-state index contributed by atoms with van der Waals surface area (Å²) in [5.74, 6) is -0.0210. The van der Waals surface area contributed by atoms with Gasteiger partial charge in [0.1, 0.15) is 5.69 Å². The van der Waals surface area contributed by atoms with E-state index >= 15 is 0 Å². The van der Waals surface area contributed by atoms with E-state index in [-0.39, 0.29) is 11.9 Å². The van der Waals surface area contributed by atoms with Gasteiger partial charge in [-0.05, 0) is 42.7 Å². The van der Waals surface area contributed by atoms with Crippen LogP contribution in [-0.2, 0) is 19.6 Å². The molecule has 4 heteroatoms. The third-order valence-electron chi connectivity index (χ3n) is 3.92. The van der Waals surface area contributed by atoms with Crippen molar-refractivity contribution in [1.29, 1.82) is 0 Å². The maximum Gasteiger partial charge on any atom is 0.268 e. The van der Waals surface area contributed by atoms with Gasteiger partial charge in [0.25, 0.3) is 5.91 Å². The molecule has 0 bridgehead atoms. The van der Waals surface area contributed by atoms with Gasteiger partial charge in [0.2, 0.25) is 0 Å². The SMILES string of the molecule is CC(C)n1cccc1C(=O)NCc1ccc2c(c1)CNC2. The third-order valence-corrected chi connectivity index (χ3v) is 3.92. The Bertz CT molecular complexity index is 658. The molecule has 1 aromatic carbocycles. The third kappa shape index (κ3) is 2.85. The molecular formula is C17H21N3O. The van der Waals surface area contributed by atoms with Crippen LogP contribution in [-0.4, -0.2) is 10.5 Å². The van der Waals surface area contributed by atoms with E-state index in [1.807, 2.05) is 22.9 Å². The molecule has 0 radical (unpaired) electrons. The van der Waals surface area contributed by atoms with Crippen LogP contribution >= 0.6 is 0 Å². The molecular weight excluding hydrogens is 262 g/mol. The first-order valence-electron chi connectivity index (χ1n) is 7.41. The summed E-state index contributed by atoms with van der Waals surface area (Å²) in [5, 5.41) is 6.34. The fourth-order valence-corrected chi connectivity index (χ4v) is 2.77. The molecule has 0 aliphatic carbocycles. The maximum absolute atomic E-state index is 12.3. The second-order valence-electron chi connectivity index (χ2n) is 5.78. The van der Waals surface area contributed by atoms with Crippen LogP contribution in [0.25, 0.3) is 0 Å². The van der Waals surface area contributed by atoms with Gasteiger partial charge < -0.3 is 15.2 Å². The first-order chi connectivity index (χ1) is 10.1. The van der Waals surface area contributed by atoms with Crippen molar-refractivity contribution in [3.63, 3.8) is 0 Å². The highest BCUT2D eigenvalue weighted by molar-refractivity contribution is 5.92. The summed E-state index contributed by atoms with van der Waals surface area (Å²) in [6.45, 7) is 6.58. The van der Waals surface area contributed by atoms with E-state index in [4.69, 9.17) is 0 Å². The zero-order valence-corrected chi connectivity index (χ0v) is 12.5. The lowest BCUT2D eigenvalue weighted by Gasteiger charge is -2.13. The maximum atomic E-state index is 12.3. The van der Waals surface area contributed by atoms with Gasteiger partial charge in [-0.3, -0.25) is 4.79 Å². The summed E-state index contributed by atoms with van der Waals surface area (Å²) < 4.78 is 1.99. The summed E-state index contributed by atoms with van der Waals surface area (Å²) in [7, 11) is 0. The average molecular weight is 283 g/mol. The molecule has 3 rings (SSSR count). The van der Waals surface area contributed by atoms with Crippen LogP contribution < -0.4 is 10.6 Å². The Labute approximate surface area is 125 Å². The molecule has 2 aromatic rings. The Morgan fingerprint density at radius 1 is 1.29 bits per heavy atom. The van der Waals surface area contributed by atoms with Crippen molar-refractivity contribution >= 4 is 5.91 Å². The van der Waals surface area contributed by atoms with E-state index in [0.29, 0.717) is 12.2 Å². The second kappa shape index (κ2) is 5.74. The van der Waals surface area contributed by atoms with Gasteiger partial charge in [0, 0.05) is 31.9 Å². The molecule has 1 aliphatic heterocycles. The fourth-order valence-electron chi connectivity index (χ4n) is 2.77. The second-order valence-corrected chi connectivity index (χ2v) is 5.78. The van der Waals surface area contributed by atoms with Crippen LogP contribution in [0.2, 0.25) is 0 Å². The van der Waals surface area contributed by atoms with Crippen molar-refractivity contribution in [2.75, 3.05) is 0 Å². The molecule has 0 saturated carbocycles. The van der Waals surface area contributed by atoms with E-state index in [1.54, 1.807) is 0 Å². The number of rotatable bonds is 4. The van der Waals surface area contributed by atoms with Gasteiger partial charge >= 0.3 is 0 Å². The van der Waals surface area contributed by atoms with Crippen LogP contribution in [0.15, 0.2) is 36.5 Å². The summed E-state index contributed by atoms with van der Waals surface area (Å²) in [6, 6.07) is 10.5. The highest BCUT2D eigenvalue weighted by Crippen LogP contribution is 2.17. The highest BCUT2D eigenvalue weighted by atomic mass is 16.1. The topological polar surface area (TPSA) is 46.1 Å². The predicted molar refractivity (Wildman–Crippen MR) is 83.0 cm³/mol. The number of carbonyl (C=O) groups is 1. The summed E-state index contributed by atoms with van der Waals surface area (Å²) in [5.41, 5.74) is 4.56. The van der Waals surface area contributed by atoms with Crippen molar-refractivity contribution in [3.05, 3.63) is 58.9 Å². The Hall–Kier alpha value is -2.07. The number of carbonyl (C=O) groups excluding carboxylic acids is 1. The molecule has 0 saturated heterocycles. The summed E-state index contributed by atoms with van der Waals surface area (Å²) in [6.07, 6.45) is 1.95. The molecule has 1 aromatic heterocycles. The normalized spacial score (nSPS) is 13.5. The van der Waals surface area contributed by atoms with Crippen LogP contribution in [0, 0.1) is 0 Å². The molecule has 0 spiro atoms. The molecule has 110 valence electrons. The van der Waals surface area contributed by atoms with E-state index in [2.05, 4.69) is 42.7 Å². The number of nitrogens with zero attached hydrogens (tertiary/aromatic N) is 1. The van der Waals surface area contributed by atoms with Gasteiger partial charge in [-0.15, -0.1) is 0 Å². The van der Waals surface area contributed by atoms with Crippen LogP contribution in [0.4, 0.5) is 0 Å². The highest BCUT2D eigenvalue weighted by Gasteiger charge is 2.13. The standard InChI is InChI=1S/C17H21N3O/c1-12(2)20-7-3-4-16(20)17(21)19-9-13-5-6-14-10-18-11-15(14)8-13/h3-8,12,18H,9-11H2,1-2H3,(H,19,21). The first kappa shape index (κ1) is 13.9.